The molecule has 0 saturated carbocycles. The van der Waals surface area contributed by atoms with E-state index >= 15 is 0 Å². The van der Waals surface area contributed by atoms with Crippen LogP contribution in [-0.4, -0.2) is 54.8 Å². The predicted molar refractivity (Wildman–Crippen MR) is 120 cm³/mol. The lowest BCUT2D eigenvalue weighted by molar-refractivity contribution is -0.116. The van der Waals surface area contributed by atoms with Crippen LogP contribution in [0, 0.1) is 6.92 Å². The van der Waals surface area contributed by atoms with Gasteiger partial charge in [0.25, 0.3) is 5.91 Å². The summed E-state index contributed by atoms with van der Waals surface area (Å²) in [7, 11) is 0. The molecule has 1 fully saturated rings. The largest absolute Gasteiger partial charge is 0.490 e. The number of nitrogens with one attached hydrogen (secondary N) is 1. The molecule has 3 atom stereocenters. The number of benzene rings is 2. The number of hydrogen-bond acceptors (Lipinski definition) is 5. The average molecular weight is 454 g/mol. The summed E-state index contributed by atoms with van der Waals surface area (Å²) in [6.07, 6.45) is 0.963. The van der Waals surface area contributed by atoms with Gasteiger partial charge in [-0.3, -0.25) is 9.59 Å². The molecular formula is C25H27FN2O5. The maximum atomic E-state index is 13.5. The number of fused-ring (bicyclic) bond motifs is 3. The van der Waals surface area contributed by atoms with E-state index in [1.54, 1.807) is 17.9 Å². The van der Waals surface area contributed by atoms with Crippen molar-refractivity contribution >= 4 is 17.5 Å². The fourth-order valence-electron chi connectivity index (χ4n) is 4.70. The highest BCUT2D eigenvalue weighted by Gasteiger charge is 2.41. The lowest BCUT2D eigenvalue weighted by Crippen LogP contribution is -2.37. The van der Waals surface area contributed by atoms with Crippen molar-refractivity contribution in [1.82, 2.24) is 4.90 Å². The van der Waals surface area contributed by atoms with Gasteiger partial charge in [-0.25, -0.2) is 4.39 Å². The van der Waals surface area contributed by atoms with E-state index in [0.29, 0.717) is 48.8 Å². The van der Waals surface area contributed by atoms with Crippen LogP contribution in [0.25, 0.3) is 0 Å². The normalized spacial score (nSPS) is 22.3. The lowest BCUT2D eigenvalue weighted by atomic mass is 10.0. The van der Waals surface area contributed by atoms with E-state index in [1.807, 2.05) is 31.2 Å². The molecule has 7 nitrogen and oxygen atoms in total. The Morgan fingerprint density at radius 2 is 2.09 bits per heavy atom. The van der Waals surface area contributed by atoms with Crippen LogP contribution in [0.3, 0.4) is 0 Å². The SMILES string of the molecule is Cc1cc2c(c(OC(C)CF)c1)C(=O)N1C[C@@H](Oc3ccc4c(c3)NC(=O)CC4)C[C@@H]1CO2. The van der Waals surface area contributed by atoms with Crippen molar-refractivity contribution in [2.45, 2.75) is 51.4 Å². The number of nitrogens with zero attached hydrogens (tertiary/aromatic N) is 1. The Morgan fingerprint density at radius 3 is 2.91 bits per heavy atom. The first-order chi connectivity index (χ1) is 15.9. The topological polar surface area (TPSA) is 77.1 Å². The number of ether oxygens (including phenoxy) is 3. The van der Waals surface area contributed by atoms with Crippen molar-refractivity contribution in [3.05, 3.63) is 47.0 Å². The van der Waals surface area contributed by atoms with Crippen LogP contribution in [0.5, 0.6) is 17.2 Å². The van der Waals surface area contributed by atoms with Gasteiger partial charge in [-0.2, -0.15) is 0 Å². The van der Waals surface area contributed by atoms with Gasteiger partial charge in [-0.1, -0.05) is 6.07 Å². The smallest absolute Gasteiger partial charge is 0.261 e. The summed E-state index contributed by atoms with van der Waals surface area (Å²) in [5, 5.41) is 2.89. The predicted octanol–water partition coefficient (Wildman–Crippen LogP) is 3.67. The minimum absolute atomic E-state index is 0.00523. The molecule has 1 saturated heterocycles. The van der Waals surface area contributed by atoms with Crippen molar-refractivity contribution in [3.8, 4) is 17.2 Å². The standard InChI is InChI=1S/C25H27FN2O5/c1-14-7-21-24(22(8-14)32-15(2)11-26)25(30)28-12-19(9-17(28)13-31-21)33-18-5-3-16-4-6-23(29)27-20(16)10-18/h3,5,7-8,10,15,17,19H,4,6,9,11-13H2,1-2H3,(H,27,29)/t15?,17-,19+/m1/s1. The Morgan fingerprint density at radius 1 is 1.24 bits per heavy atom. The molecule has 0 aliphatic carbocycles. The Kier molecular flexibility index (Phi) is 5.60. The van der Waals surface area contributed by atoms with E-state index in [9.17, 15) is 14.0 Å². The second-order valence-corrected chi connectivity index (χ2v) is 8.98. The van der Waals surface area contributed by atoms with Crippen molar-refractivity contribution < 1.29 is 28.2 Å². The van der Waals surface area contributed by atoms with E-state index in [-0.39, 0.29) is 24.0 Å². The average Bonchev–Trinajstić information content (AvgIpc) is 3.13. The maximum absolute atomic E-state index is 13.5. The molecule has 2 amide bonds. The summed E-state index contributed by atoms with van der Waals surface area (Å²) in [6.45, 7) is 3.61. The Labute approximate surface area is 191 Å². The van der Waals surface area contributed by atoms with Crippen LogP contribution < -0.4 is 19.5 Å². The van der Waals surface area contributed by atoms with E-state index < -0.39 is 12.8 Å². The van der Waals surface area contributed by atoms with Crippen molar-refractivity contribution in [3.63, 3.8) is 0 Å². The number of amides is 2. The molecule has 1 unspecified atom stereocenters. The minimum atomic E-state index is -0.665. The maximum Gasteiger partial charge on any atom is 0.261 e. The third-order valence-electron chi connectivity index (χ3n) is 6.32. The van der Waals surface area contributed by atoms with E-state index in [0.717, 1.165) is 23.2 Å². The summed E-state index contributed by atoms with van der Waals surface area (Å²) in [5.41, 5.74) is 3.09. The Balaban J connectivity index is 1.35. The summed E-state index contributed by atoms with van der Waals surface area (Å²) in [4.78, 5) is 27.0. The van der Waals surface area contributed by atoms with Gasteiger partial charge in [-0.05, 0) is 49.6 Å². The molecule has 2 aromatic carbocycles. The van der Waals surface area contributed by atoms with Crippen LogP contribution in [0.1, 0.15) is 41.3 Å². The highest BCUT2D eigenvalue weighted by atomic mass is 19.1. The molecule has 5 rings (SSSR count). The highest BCUT2D eigenvalue weighted by molar-refractivity contribution is 6.00. The second kappa shape index (κ2) is 8.57. The fraction of sp³-hybridized carbons (Fsp3) is 0.440. The van der Waals surface area contributed by atoms with Crippen LogP contribution in [0.2, 0.25) is 0 Å². The number of carbonyl (C=O) groups is 2. The summed E-state index contributed by atoms with van der Waals surface area (Å²) < 4.78 is 31.0. The zero-order valence-corrected chi connectivity index (χ0v) is 18.7. The molecule has 3 heterocycles. The Bertz CT molecular complexity index is 1100. The third kappa shape index (κ3) is 4.21. The number of aryl methyl sites for hydroxylation is 2. The van der Waals surface area contributed by atoms with E-state index in [1.165, 1.54) is 0 Å². The van der Waals surface area contributed by atoms with Crippen LogP contribution in [-0.2, 0) is 11.2 Å². The van der Waals surface area contributed by atoms with Gasteiger partial charge in [0.05, 0.1) is 12.6 Å². The molecule has 33 heavy (non-hydrogen) atoms. The molecule has 1 N–H and O–H groups in total. The van der Waals surface area contributed by atoms with Gasteiger partial charge < -0.3 is 24.4 Å². The quantitative estimate of drug-likeness (QED) is 0.746. The fourth-order valence-corrected chi connectivity index (χ4v) is 4.70. The number of halogens is 1. The van der Waals surface area contributed by atoms with Crippen LogP contribution in [0.15, 0.2) is 30.3 Å². The zero-order valence-electron chi connectivity index (χ0n) is 18.7. The van der Waals surface area contributed by atoms with E-state index in [4.69, 9.17) is 14.2 Å². The molecule has 0 radical (unpaired) electrons. The summed E-state index contributed by atoms with van der Waals surface area (Å²) in [5.74, 6) is 1.28. The summed E-state index contributed by atoms with van der Waals surface area (Å²) >= 11 is 0. The molecule has 0 bridgehead atoms. The molecule has 0 spiro atoms. The summed E-state index contributed by atoms with van der Waals surface area (Å²) in [6, 6.07) is 9.14. The van der Waals surface area contributed by atoms with Gasteiger partial charge in [0, 0.05) is 24.6 Å². The van der Waals surface area contributed by atoms with Gasteiger partial charge in [0.1, 0.15) is 48.3 Å². The van der Waals surface area contributed by atoms with Gasteiger partial charge in [-0.15, -0.1) is 0 Å². The number of carbonyl (C=O) groups excluding carboxylic acids is 2. The molecule has 174 valence electrons. The highest BCUT2D eigenvalue weighted by Crippen LogP contribution is 2.38. The van der Waals surface area contributed by atoms with Crippen molar-refractivity contribution in [2.24, 2.45) is 0 Å². The van der Waals surface area contributed by atoms with Gasteiger partial charge in [0.2, 0.25) is 5.91 Å². The van der Waals surface area contributed by atoms with Crippen LogP contribution in [0.4, 0.5) is 10.1 Å². The zero-order chi connectivity index (χ0) is 23.1. The number of anilines is 1. The first-order valence-corrected chi connectivity index (χ1v) is 11.3. The van der Waals surface area contributed by atoms with Gasteiger partial charge >= 0.3 is 0 Å². The lowest BCUT2D eigenvalue weighted by Gasteiger charge is -2.22. The molecular weight excluding hydrogens is 427 g/mol. The molecule has 8 heteroatoms. The minimum Gasteiger partial charge on any atom is -0.490 e. The number of hydrogen-bond donors (Lipinski definition) is 1. The second-order valence-electron chi connectivity index (χ2n) is 8.98. The van der Waals surface area contributed by atoms with E-state index in [2.05, 4.69) is 5.32 Å². The molecule has 0 aromatic heterocycles. The number of alkyl halides is 1. The van der Waals surface area contributed by atoms with Crippen molar-refractivity contribution in [1.29, 1.82) is 0 Å². The van der Waals surface area contributed by atoms with Crippen molar-refractivity contribution in [2.75, 3.05) is 25.1 Å². The first kappa shape index (κ1) is 21.6. The number of rotatable bonds is 5. The first-order valence-electron chi connectivity index (χ1n) is 11.3. The molecule has 2 aromatic rings. The monoisotopic (exact) mass is 454 g/mol. The molecule has 3 aliphatic rings. The van der Waals surface area contributed by atoms with Gasteiger partial charge in [0.15, 0.2) is 0 Å². The molecule has 3 aliphatic heterocycles. The third-order valence-corrected chi connectivity index (χ3v) is 6.32. The van der Waals surface area contributed by atoms with Crippen LogP contribution >= 0.6 is 0 Å². The Hall–Kier alpha value is -3.29.